The third kappa shape index (κ3) is 2.80. The Balaban J connectivity index is 1.58. The van der Waals surface area contributed by atoms with E-state index in [0.29, 0.717) is 26.1 Å². The molecule has 1 aliphatic carbocycles. The SMILES string of the molecule is NC1(C(=O)NC2CC3(CCCC3)Oc3ccccc32)CCOCC1. The standard InChI is InChI=1S/C19H26N2O3/c20-19(9-11-23-12-10-19)17(22)21-15-13-18(7-3-4-8-18)24-16-6-2-1-5-14(15)16/h1-2,5-6,15H,3-4,7-13,20H2,(H,21,22). The second-order valence-electron chi connectivity index (χ2n) is 7.53. The Morgan fingerprint density at radius 1 is 1.12 bits per heavy atom. The van der Waals surface area contributed by atoms with Crippen molar-refractivity contribution in [2.75, 3.05) is 13.2 Å². The summed E-state index contributed by atoms with van der Waals surface area (Å²) in [5.41, 5.74) is 6.50. The van der Waals surface area contributed by atoms with Crippen molar-refractivity contribution in [2.45, 2.75) is 62.1 Å². The van der Waals surface area contributed by atoms with Crippen LogP contribution in [0.1, 0.15) is 56.6 Å². The Morgan fingerprint density at radius 3 is 2.58 bits per heavy atom. The molecule has 3 aliphatic rings. The Kier molecular flexibility index (Phi) is 4.01. The van der Waals surface area contributed by atoms with Crippen LogP contribution in [0.2, 0.25) is 0 Å². The van der Waals surface area contributed by atoms with Crippen LogP contribution in [0.5, 0.6) is 5.75 Å². The number of carbonyl (C=O) groups excluding carboxylic acids is 1. The molecular weight excluding hydrogens is 304 g/mol. The van der Waals surface area contributed by atoms with Gasteiger partial charge in [0.15, 0.2) is 0 Å². The zero-order valence-electron chi connectivity index (χ0n) is 14.1. The third-order valence-electron chi connectivity index (χ3n) is 5.85. The van der Waals surface area contributed by atoms with Crippen LogP contribution in [-0.2, 0) is 9.53 Å². The Hall–Kier alpha value is -1.59. The summed E-state index contributed by atoms with van der Waals surface area (Å²) in [4.78, 5) is 12.9. The second-order valence-corrected chi connectivity index (χ2v) is 7.53. The number of carbonyl (C=O) groups is 1. The van der Waals surface area contributed by atoms with Crippen LogP contribution in [0, 0.1) is 0 Å². The van der Waals surface area contributed by atoms with E-state index < -0.39 is 5.54 Å². The summed E-state index contributed by atoms with van der Waals surface area (Å²) in [5, 5.41) is 3.24. The predicted molar refractivity (Wildman–Crippen MR) is 90.7 cm³/mol. The molecule has 2 heterocycles. The van der Waals surface area contributed by atoms with Crippen molar-refractivity contribution in [3.8, 4) is 5.75 Å². The first-order chi connectivity index (χ1) is 11.6. The van der Waals surface area contributed by atoms with Crippen molar-refractivity contribution in [3.63, 3.8) is 0 Å². The fraction of sp³-hybridized carbons (Fsp3) is 0.632. The van der Waals surface area contributed by atoms with Crippen LogP contribution in [-0.4, -0.2) is 30.3 Å². The van der Waals surface area contributed by atoms with Gasteiger partial charge in [-0.15, -0.1) is 0 Å². The van der Waals surface area contributed by atoms with Crippen LogP contribution in [0.15, 0.2) is 24.3 Å². The molecule has 130 valence electrons. The fourth-order valence-electron chi connectivity index (χ4n) is 4.34. The van der Waals surface area contributed by atoms with Crippen LogP contribution in [0.3, 0.4) is 0 Å². The highest BCUT2D eigenvalue weighted by atomic mass is 16.5. The molecule has 1 saturated heterocycles. The lowest BCUT2D eigenvalue weighted by molar-refractivity contribution is -0.131. The van der Waals surface area contributed by atoms with E-state index in [-0.39, 0.29) is 17.6 Å². The zero-order valence-corrected chi connectivity index (χ0v) is 14.1. The summed E-state index contributed by atoms with van der Waals surface area (Å²) in [6, 6.07) is 8.04. The molecule has 0 bridgehead atoms. The molecule has 0 radical (unpaired) electrons. The third-order valence-corrected chi connectivity index (χ3v) is 5.85. The molecule has 5 heteroatoms. The van der Waals surface area contributed by atoms with E-state index in [0.717, 1.165) is 30.6 Å². The van der Waals surface area contributed by atoms with E-state index >= 15 is 0 Å². The van der Waals surface area contributed by atoms with Crippen molar-refractivity contribution < 1.29 is 14.3 Å². The predicted octanol–water partition coefficient (Wildman–Crippen LogP) is 2.45. The van der Waals surface area contributed by atoms with Crippen molar-refractivity contribution in [1.82, 2.24) is 5.32 Å². The van der Waals surface area contributed by atoms with E-state index in [9.17, 15) is 4.79 Å². The van der Waals surface area contributed by atoms with Crippen molar-refractivity contribution in [2.24, 2.45) is 5.73 Å². The van der Waals surface area contributed by atoms with Crippen LogP contribution in [0.4, 0.5) is 0 Å². The molecule has 24 heavy (non-hydrogen) atoms. The van der Waals surface area contributed by atoms with Crippen LogP contribution < -0.4 is 15.8 Å². The van der Waals surface area contributed by atoms with E-state index in [1.807, 2.05) is 18.2 Å². The smallest absolute Gasteiger partial charge is 0.240 e. The molecule has 1 aromatic carbocycles. The van der Waals surface area contributed by atoms with Crippen molar-refractivity contribution in [1.29, 1.82) is 0 Å². The van der Waals surface area contributed by atoms with Gasteiger partial charge in [-0.2, -0.15) is 0 Å². The van der Waals surface area contributed by atoms with Crippen LogP contribution >= 0.6 is 0 Å². The quantitative estimate of drug-likeness (QED) is 0.873. The van der Waals surface area contributed by atoms with Gasteiger partial charge in [0.05, 0.1) is 11.6 Å². The Bertz CT molecular complexity index is 619. The highest BCUT2D eigenvalue weighted by Gasteiger charge is 2.45. The average Bonchev–Trinajstić information content (AvgIpc) is 3.03. The van der Waals surface area contributed by atoms with Crippen LogP contribution in [0.25, 0.3) is 0 Å². The molecule has 0 aromatic heterocycles. The number of fused-ring (bicyclic) bond motifs is 1. The number of rotatable bonds is 2. The summed E-state index contributed by atoms with van der Waals surface area (Å²) < 4.78 is 11.7. The zero-order chi connectivity index (χ0) is 16.6. The number of amides is 1. The summed E-state index contributed by atoms with van der Waals surface area (Å²) in [6.07, 6.45) is 6.51. The minimum absolute atomic E-state index is 0.0242. The minimum atomic E-state index is -0.811. The second kappa shape index (κ2) is 6.05. The minimum Gasteiger partial charge on any atom is -0.487 e. The molecular formula is C19H26N2O3. The summed E-state index contributed by atoms with van der Waals surface area (Å²) in [6.45, 7) is 1.11. The first kappa shape index (κ1) is 15.9. The van der Waals surface area contributed by atoms with Gasteiger partial charge in [0.25, 0.3) is 0 Å². The number of hydrogen-bond donors (Lipinski definition) is 2. The molecule has 1 aromatic rings. The maximum atomic E-state index is 12.9. The molecule has 3 N–H and O–H groups in total. The Morgan fingerprint density at radius 2 is 1.83 bits per heavy atom. The van der Waals surface area contributed by atoms with Gasteiger partial charge < -0.3 is 20.5 Å². The molecule has 1 unspecified atom stereocenters. The van der Waals surface area contributed by atoms with Gasteiger partial charge in [-0.05, 0) is 44.6 Å². The first-order valence-electron chi connectivity index (χ1n) is 9.06. The van der Waals surface area contributed by atoms with E-state index in [1.54, 1.807) is 0 Å². The number of benzene rings is 1. The maximum Gasteiger partial charge on any atom is 0.240 e. The van der Waals surface area contributed by atoms with Gasteiger partial charge in [0.2, 0.25) is 5.91 Å². The molecule has 1 amide bonds. The summed E-state index contributed by atoms with van der Waals surface area (Å²) in [5.74, 6) is 0.856. The van der Waals surface area contributed by atoms with Gasteiger partial charge in [0, 0.05) is 25.2 Å². The molecule has 1 atom stereocenters. The monoisotopic (exact) mass is 330 g/mol. The Labute approximate surface area is 142 Å². The topological polar surface area (TPSA) is 73.6 Å². The number of ether oxygens (including phenoxy) is 2. The van der Waals surface area contributed by atoms with E-state index in [4.69, 9.17) is 15.2 Å². The number of para-hydroxylation sites is 1. The summed E-state index contributed by atoms with van der Waals surface area (Å²) >= 11 is 0. The van der Waals surface area contributed by atoms with Gasteiger partial charge in [-0.25, -0.2) is 0 Å². The average molecular weight is 330 g/mol. The molecule has 1 spiro atoms. The lowest BCUT2D eigenvalue weighted by Crippen LogP contribution is -2.58. The van der Waals surface area contributed by atoms with E-state index in [2.05, 4.69) is 11.4 Å². The highest BCUT2D eigenvalue weighted by Crippen LogP contribution is 2.47. The maximum absolute atomic E-state index is 12.9. The lowest BCUT2D eigenvalue weighted by atomic mass is 9.84. The molecule has 2 fully saturated rings. The van der Waals surface area contributed by atoms with Gasteiger partial charge >= 0.3 is 0 Å². The highest BCUT2D eigenvalue weighted by molar-refractivity contribution is 5.86. The number of nitrogens with one attached hydrogen (secondary N) is 1. The largest absolute Gasteiger partial charge is 0.487 e. The van der Waals surface area contributed by atoms with Crippen molar-refractivity contribution >= 4 is 5.91 Å². The first-order valence-corrected chi connectivity index (χ1v) is 9.06. The lowest BCUT2D eigenvalue weighted by Gasteiger charge is -2.41. The van der Waals surface area contributed by atoms with Gasteiger partial charge in [-0.1, -0.05) is 18.2 Å². The normalized spacial score (nSPS) is 27.3. The number of hydrogen-bond acceptors (Lipinski definition) is 4. The summed E-state index contributed by atoms with van der Waals surface area (Å²) in [7, 11) is 0. The molecule has 1 saturated carbocycles. The van der Waals surface area contributed by atoms with Gasteiger partial charge in [0.1, 0.15) is 11.4 Å². The number of nitrogens with two attached hydrogens (primary N) is 1. The van der Waals surface area contributed by atoms with E-state index in [1.165, 1.54) is 12.8 Å². The fourth-order valence-corrected chi connectivity index (χ4v) is 4.34. The van der Waals surface area contributed by atoms with Gasteiger partial charge in [-0.3, -0.25) is 4.79 Å². The molecule has 4 rings (SSSR count). The molecule has 5 nitrogen and oxygen atoms in total. The van der Waals surface area contributed by atoms with Crippen molar-refractivity contribution in [3.05, 3.63) is 29.8 Å². The molecule has 2 aliphatic heterocycles.